The van der Waals surface area contributed by atoms with Crippen molar-refractivity contribution in [1.82, 2.24) is 9.55 Å². The van der Waals surface area contributed by atoms with Crippen LogP contribution in [0.25, 0.3) is 22.4 Å². The average molecular weight is 327 g/mol. The molecule has 0 bridgehead atoms. The minimum Gasteiger partial charge on any atom is -0.320 e. The monoisotopic (exact) mass is 326 g/mol. The van der Waals surface area contributed by atoms with Gasteiger partial charge in [0.25, 0.3) is 0 Å². The number of allylic oxidation sites excluding steroid dienone is 1. The van der Waals surface area contributed by atoms with Crippen molar-refractivity contribution in [3.8, 4) is 11.4 Å². The van der Waals surface area contributed by atoms with Crippen molar-refractivity contribution >= 4 is 27.0 Å². The summed E-state index contributed by atoms with van der Waals surface area (Å²) in [6.45, 7) is 6.86. The Morgan fingerprint density at radius 1 is 1.15 bits per heavy atom. The number of hydrogen-bond acceptors (Lipinski definition) is 1. The predicted molar refractivity (Wildman–Crippen MR) is 87.7 cm³/mol. The molecule has 20 heavy (non-hydrogen) atoms. The summed E-state index contributed by atoms with van der Waals surface area (Å²) in [6, 6.07) is 16.5. The average Bonchev–Trinajstić information content (AvgIpc) is 2.78. The van der Waals surface area contributed by atoms with Crippen molar-refractivity contribution in [2.75, 3.05) is 0 Å². The second-order valence-corrected chi connectivity index (χ2v) is 5.89. The van der Waals surface area contributed by atoms with Gasteiger partial charge in [-0.2, -0.15) is 0 Å². The Bertz CT molecular complexity index is 769. The Morgan fingerprint density at radius 2 is 1.85 bits per heavy atom. The van der Waals surface area contributed by atoms with E-state index in [1.54, 1.807) is 0 Å². The first kappa shape index (κ1) is 13.1. The van der Waals surface area contributed by atoms with E-state index in [0.29, 0.717) is 0 Å². The van der Waals surface area contributed by atoms with E-state index in [9.17, 15) is 0 Å². The van der Waals surface area contributed by atoms with Gasteiger partial charge in [0.2, 0.25) is 0 Å². The third kappa shape index (κ3) is 2.41. The molecule has 1 heterocycles. The maximum Gasteiger partial charge on any atom is 0.141 e. The predicted octanol–water partition coefficient (Wildman–Crippen LogP) is 5.04. The molecule has 0 amide bonds. The molecule has 0 aliphatic heterocycles. The van der Waals surface area contributed by atoms with E-state index >= 15 is 0 Å². The molecule has 0 saturated heterocycles. The van der Waals surface area contributed by atoms with Gasteiger partial charge in [-0.15, -0.1) is 0 Å². The summed E-state index contributed by atoms with van der Waals surface area (Å²) in [4.78, 5) is 4.77. The fourth-order valence-corrected chi connectivity index (χ4v) is 2.59. The third-order valence-electron chi connectivity index (χ3n) is 3.19. The molecule has 0 unspecified atom stereocenters. The minimum atomic E-state index is 0.784. The van der Waals surface area contributed by atoms with Gasteiger partial charge in [0.1, 0.15) is 5.82 Å². The number of hydrogen-bond donors (Lipinski definition) is 0. The SMILES string of the molecule is C=C(C)Cn1c(-c2ccc(Br)cc2)nc2ccccc21. The van der Waals surface area contributed by atoms with E-state index in [1.165, 1.54) is 0 Å². The molecule has 3 heteroatoms. The molecule has 2 nitrogen and oxygen atoms in total. The van der Waals surface area contributed by atoms with Gasteiger partial charge in [-0.3, -0.25) is 0 Å². The molecule has 0 radical (unpaired) electrons. The van der Waals surface area contributed by atoms with E-state index in [2.05, 4.69) is 45.3 Å². The highest BCUT2D eigenvalue weighted by Gasteiger charge is 2.12. The summed E-state index contributed by atoms with van der Waals surface area (Å²) in [7, 11) is 0. The number of halogens is 1. The van der Waals surface area contributed by atoms with Crippen LogP contribution in [0.4, 0.5) is 0 Å². The number of rotatable bonds is 3. The quantitative estimate of drug-likeness (QED) is 0.616. The highest BCUT2D eigenvalue weighted by molar-refractivity contribution is 9.10. The van der Waals surface area contributed by atoms with Gasteiger partial charge in [0.15, 0.2) is 0 Å². The fraction of sp³-hybridized carbons (Fsp3) is 0.118. The molecule has 0 aliphatic carbocycles. The summed E-state index contributed by atoms with van der Waals surface area (Å²) in [5.74, 6) is 0.988. The molecule has 100 valence electrons. The van der Waals surface area contributed by atoms with Gasteiger partial charge in [-0.25, -0.2) is 4.98 Å². The third-order valence-corrected chi connectivity index (χ3v) is 3.71. The van der Waals surface area contributed by atoms with Crippen LogP contribution in [0.15, 0.2) is 65.2 Å². The van der Waals surface area contributed by atoms with Crippen LogP contribution in [0.2, 0.25) is 0 Å². The van der Waals surface area contributed by atoms with Crippen molar-refractivity contribution in [3.05, 3.63) is 65.2 Å². The first-order chi connectivity index (χ1) is 9.65. The van der Waals surface area contributed by atoms with Gasteiger partial charge in [0, 0.05) is 16.6 Å². The normalized spacial score (nSPS) is 10.9. The summed E-state index contributed by atoms with van der Waals surface area (Å²) in [5, 5.41) is 0. The zero-order valence-corrected chi connectivity index (χ0v) is 12.9. The second kappa shape index (κ2) is 5.25. The molecular formula is C17H15BrN2. The van der Waals surface area contributed by atoms with Crippen molar-refractivity contribution < 1.29 is 0 Å². The highest BCUT2D eigenvalue weighted by Crippen LogP contribution is 2.26. The van der Waals surface area contributed by atoms with Crippen LogP contribution in [0.5, 0.6) is 0 Å². The molecule has 0 spiro atoms. The number of imidazole rings is 1. The van der Waals surface area contributed by atoms with Crippen molar-refractivity contribution in [2.24, 2.45) is 0 Å². The summed E-state index contributed by atoms with van der Waals surface area (Å²) < 4.78 is 3.30. The van der Waals surface area contributed by atoms with Crippen LogP contribution >= 0.6 is 15.9 Å². The molecule has 0 fully saturated rings. The highest BCUT2D eigenvalue weighted by atomic mass is 79.9. The maximum atomic E-state index is 4.77. The summed E-state index contributed by atoms with van der Waals surface area (Å²) in [5.41, 5.74) is 4.40. The molecule has 0 saturated carbocycles. The van der Waals surface area contributed by atoms with Crippen LogP contribution < -0.4 is 0 Å². The van der Waals surface area contributed by atoms with Gasteiger partial charge < -0.3 is 4.57 Å². The molecule has 2 aromatic carbocycles. The van der Waals surface area contributed by atoms with E-state index in [4.69, 9.17) is 4.98 Å². The van der Waals surface area contributed by atoms with E-state index in [0.717, 1.165) is 39.0 Å². The molecule has 3 rings (SSSR count). The van der Waals surface area contributed by atoms with Gasteiger partial charge in [0.05, 0.1) is 11.0 Å². The van der Waals surface area contributed by atoms with E-state index < -0.39 is 0 Å². The van der Waals surface area contributed by atoms with Gasteiger partial charge in [-0.1, -0.05) is 52.3 Å². The lowest BCUT2D eigenvalue weighted by Crippen LogP contribution is -2.01. The maximum absolute atomic E-state index is 4.77. The Balaban J connectivity index is 2.23. The summed E-state index contributed by atoms with van der Waals surface area (Å²) in [6.07, 6.45) is 0. The zero-order chi connectivity index (χ0) is 14.1. The van der Waals surface area contributed by atoms with Crippen molar-refractivity contribution in [3.63, 3.8) is 0 Å². The fourth-order valence-electron chi connectivity index (χ4n) is 2.32. The molecule has 0 N–H and O–H groups in total. The zero-order valence-electron chi connectivity index (χ0n) is 11.3. The van der Waals surface area contributed by atoms with Crippen LogP contribution in [0.1, 0.15) is 6.92 Å². The van der Waals surface area contributed by atoms with Gasteiger partial charge >= 0.3 is 0 Å². The van der Waals surface area contributed by atoms with Gasteiger partial charge in [-0.05, 0) is 31.2 Å². The van der Waals surface area contributed by atoms with E-state index in [-0.39, 0.29) is 0 Å². The van der Waals surface area contributed by atoms with Crippen molar-refractivity contribution in [2.45, 2.75) is 13.5 Å². The molecular weight excluding hydrogens is 312 g/mol. The summed E-state index contributed by atoms with van der Waals surface area (Å²) >= 11 is 3.47. The number of nitrogens with zero attached hydrogens (tertiary/aromatic N) is 2. The Hall–Kier alpha value is -1.87. The first-order valence-electron chi connectivity index (χ1n) is 6.51. The number of benzene rings is 2. The minimum absolute atomic E-state index is 0.784. The lowest BCUT2D eigenvalue weighted by Gasteiger charge is -2.09. The molecule has 0 aliphatic rings. The Morgan fingerprint density at radius 3 is 2.55 bits per heavy atom. The second-order valence-electron chi connectivity index (χ2n) is 4.97. The van der Waals surface area contributed by atoms with Crippen molar-refractivity contribution in [1.29, 1.82) is 0 Å². The van der Waals surface area contributed by atoms with Crippen LogP contribution in [-0.4, -0.2) is 9.55 Å². The topological polar surface area (TPSA) is 17.8 Å². The molecule has 1 aromatic heterocycles. The van der Waals surface area contributed by atoms with Crippen LogP contribution in [0.3, 0.4) is 0 Å². The smallest absolute Gasteiger partial charge is 0.141 e. The van der Waals surface area contributed by atoms with E-state index in [1.807, 2.05) is 37.3 Å². The lowest BCUT2D eigenvalue weighted by atomic mass is 10.2. The number of aromatic nitrogens is 2. The largest absolute Gasteiger partial charge is 0.320 e. The molecule has 0 atom stereocenters. The molecule has 3 aromatic rings. The van der Waals surface area contributed by atoms with Crippen LogP contribution in [-0.2, 0) is 6.54 Å². The lowest BCUT2D eigenvalue weighted by molar-refractivity contribution is 0.820. The Labute approximate surface area is 126 Å². The number of fused-ring (bicyclic) bond motifs is 1. The Kier molecular flexibility index (Phi) is 3.45. The standard InChI is InChI=1S/C17H15BrN2/c1-12(2)11-20-16-6-4-3-5-15(16)19-17(20)13-7-9-14(18)10-8-13/h3-10H,1,11H2,2H3. The first-order valence-corrected chi connectivity index (χ1v) is 7.30. The number of para-hydroxylation sites is 2. The van der Waals surface area contributed by atoms with Crippen LogP contribution in [0, 0.1) is 0 Å².